The molecule has 4 rings (SSSR count). The standard InChI is InChI=1S/C19H20FN5O2/c1-19(2)8-15(22-18(27)14-7-17(26)24-23-14)13-10-21-25(16(13)9-19)12-5-3-4-11(20)6-12/h3-7,10,15H,8-9H2,1-2H3,(H,22,27)(H2,23,24,26). The van der Waals surface area contributed by atoms with Crippen molar-refractivity contribution in [3.05, 3.63) is 69.7 Å². The molecule has 1 unspecified atom stereocenters. The van der Waals surface area contributed by atoms with Gasteiger partial charge in [0.15, 0.2) is 0 Å². The van der Waals surface area contributed by atoms with Crippen LogP contribution in [0.1, 0.15) is 48.1 Å². The molecule has 3 N–H and O–H groups in total. The van der Waals surface area contributed by atoms with E-state index in [2.05, 4.69) is 34.5 Å². The van der Waals surface area contributed by atoms with Crippen molar-refractivity contribution in [3.63, 3.8) is 0 Å². The molecule has 0 radical (unpaired) electrons. The zero-order chi connectivity index (χ0) is 19.2. The minimum Gasteiger partial charge on any atom is -0.344 e. The number of aromatic nitrogens is 4. The lowest BCUT2D eigenvalue weighted by atomic mass is 9.74. The summed E-state index contributed by atoms with van der Waals surface area (Å²) in [6.07, 6.45) is 3.21. The Balaban J connectivity index is 1.70. The average molecular weight is 369 g/mol. The van der Waals surface area contributed by atoms with Gasteiger partial charge in [-0.3, -0.25) is 19.8 Å². The van der Waals surface area contributed by atoms with E-state index in [9.17, 15) is 14.0 Å². The molecule has 1 aliphatic carbocycles. The van der Waals surface area contributed by atoms with Crippen LogP contribution < -0.4 is 10.9 Å². The van der Waals surface area contributed by atoms with Gasteiger partial charge in [-0.2, -0.15) is 5.10 Å². The maximum atomic E-state index is 13.7. The van der Waals surface area contributed by atoms with Gasteiger partial charge in [0.05, 0.1) is 23.6 Å². The summed E-state index contributed by atoms with van der Waals surface area (Å²) < 4.78 is 15.4. The minimum atomic E-state index is -0.361. The summed E-state index contributed by atoms with van der Waals surface area (Å²) in [5.74, 6) is -0.686. The van der Waals surface area contributed by atoms with Crippen LogP contribution in [-0.2, 0) is 6.42 Å². The smallest absolute Gasteiger partial charge is 0.269 e. The largest absolute Gasteiger partial charge is 0.344 e. The molecule has 1 amide bonds. The lowest BCUT2D eigenvalue weighted by Gasteiger charge is -2.35. The number of halogens is 1. The van der Waals surface area contributed by atoms with Crippen LogP contribution >= 0.6 is 0 Å². The first-order valence-electron chi connectivity index (χ1n) is 8.74. The first-order valence-corrected chi connectivity index (χ1v) is 8.74. The second-order valence-electron chi connectivity index (χ2n) is 7.68. The predicted molar refractivity (Wildman–Crippen MR) is 97.2 cm³/mol. The Hall–Kier alpha value is -3.16. The third-order valence-electron chi connectivity index (χ3n) is 4.88. The van der Waals surface area contributed by atoms with E-state index >= 15 is 0 Å². The average Bonchev–Trinajstić information content (AvgIpc) is 3.20. The zero-order valence-electron chi connectivity index (χ0n) is 15.0. The number of amides is 1. The Bertz CT molecular complexity index is 1060. The molecule has 2 aromatic heterocycles. The highest BCUT2D eigenvalue weighted by molar-refractivity contribution is 5.92. The van der Waals surface area contributed by atoms with Crippen LogP contribution in [0.2, 0.25) is 0 Å². The van der Waals surface area contributed by atoms with E-state index in [0.29, 0.717) is 5.69 Å². The number of H-pyrrole nitrogens is 2. The van der Waals surface area contributed by atoms with Crippen LogP contribution in [0.3, 0.4) is 0 Å². The summed E-state index contributed by atoms with van der Waals surface area (Å²) in [5.41, 5.74) is 2.25. The van der Waals surface area contributed by atoms with Crippen molar-refractivity contribution >= 4 is 5.91 Å². The number of hydrogen-bond acceptors (Lipinski definition) is 3. The Labute approximate surface area is 154 Å². The van der Waals surface area contributed by atoms with Crippen LogP contribution in [0.15, 0.2) is 41.3 Å². The van der Waals surface area contributed by atoms with Crippen molar-refractivity contribution in [2.45, 2.75) is 32.7 Å². The molecular formula is C19H20FN5O2. The van der Waals surface area contributed by atoms with Gasteiger partial charge < -0.3 is 5.32 Å². The maximum Gasteiger partial charge on any atom is 0.269 e. The fraction of sp³-hybridized carbons (Fsp3) is 0.316. The number of nitrogens with zero attached hydrogens (tertiary/aromatic N) is 2. The predicted octanol–water partition coefficient (Wildman–Crippen LogP) is 2.47. The van der Waals surface area contributed by atoms with Crippen molar-refractivity contribution < 1.29 is 9.18 Å². The highest BCUT2D eigenvalue weighted by Crippen LogP contribution is 2.41. The number of carbonyl (C=O) groups excluding carboxylic acids is 1. The van der Waals surface area contributed by atoms with Gasteiger partial charge in [-0.25, -0.2) is 9.07 Å². The van der Waals surface area contributed by atoms with Crippen LogP contribution in [-0.4, -0.2) is 25.9 Å². The molecule has 7 nitrogen and oxygen atoms in total. The Morgan fingerprint density at radius 2 is 2.15 bits per heavy atom. The first kappa shape index (κ1) is 17.3. The van der Waals surface area contributed by atoms with Gasteiger partial charge in [-0.15, -0.1) is 0 Å². The lowest BCUT2D eigenvalue weighted by Crippen LogP contribution is -2.37. The number of benzene rings is 1. The third kappa shape index (κ3) is 3.30. The quantitative estimate of drug-likeness (QED) is 0.662. The van der Waals surface area contributed by atoms with E-state index in [-0.39, 0.29) is 34.4 Å². The maximum absolute atomic E-state index is 13.7. The van der Waals surface area contributed by atoms with Crippen LogP contribution in [0, 0.1) is 11.2 Å². The molecule has 1 aromatic carbocycles. The number of nitrogens with one attached hydrogen (secondary N) is 3. The molecule has 0 fully saturated rings. The molecular weight excluding hydrogens is 349 g/mol. The van der Waals surface area contributed by atoms with Crippen molar-refractivity contribution in [2.24, 2.45) is 5.41 Å². The van der Waals surface area contributed by atoms with E-state index in [0.717, 1.165) is 24.1 Å². The molecule has 8 heteroatoms. The SMILES string of the molecule is CC1(C)Cc2c(cnn2-c2cccc(F)c2)C(NC(=O)c2cc(=O)[nH][nH]2)C1. The Morgan fingerprint density at radius 1 is 1.33 bits per heavy atom. The summed E-state index contributed by atoms with van der Waals surface area (Å²) in [6.45, 7) is 4.24. The molecule has 2 heterocycles. The molecule has 0 spiro atoms. The normalized spacial score (nSPS) is 18.1. The molecule has 1 aliphatic rings. The van der Waals surface area contributed by atoms with Gasteiger partial charge in [0.2, 0.25) is 0 Å². The van der Waals surface area contributed by atoms with Crippen molar-refractivity contribution in [1.29, 1.82) is 0 Å². The van der Waals surface area contributed by atoms with Crippen LogP contribution in [0.5, 0.6) is 0 Å². The van der Waals surface area contributed by atoms with Gasteiger partial charge in [0.1, 0.15) is 11.5 Å². The number of hydrogen-bond donors (Lipinski definition) is 3. The molecule has 140 valence electrons. The molecule has 0 aliphatic heterocycles. The summed E-state index contributed by atoms with van der Waals surface area (Å²) in [5, 5.41) is 12.3. The van der Waals surface area contributed by atoms with E-state index in [1.165, 1.54) is 18.2 Å². The second-order valence-corrected chi connectivity index (χ2v) is 7.68. The van der Waals surface area contributed by atoms with Crippen LogP contribution in [0.25, 0.3) is 5.69 Å². The third-order valence-corrected chi connectivity index (χ3v) is 4.88. The van der Waals surface area contributed by atoms with Crippen molar-refractivity contribution in [3.8, 4) is 5.69 Å². The van der Waals surface area contributed by atoms with Crippen LogP contribution in [0.4, 0.5) is 4.39 Å². The number of fused-ring (bicyclic) bond motifs is 1. The van der Waals surface area contributed by atoms with Gasteiger partial charge >= 0.3 is 0 Å². The first-order chi connectivity index (χ1) is 12.8. The minimum absolute atomic E-state index is 0.0817. The second kappa shape index (κ2) is 6.22. The van der Waals surface area contributed by atoms with Gasteiger partial charge in [0.25, 0.3) is 11.5 Å². The summed E-state index contributed by atoms with van der Waals surface area (Å²) in [7, 11) is 0. The fourth-order valence-corrected chi connectivity index (χ4v) is 3.69. The van der Waals surface area contributed by atoms with Gasteiger partial charge in [0, 0.05) is 11.6 Å². The van der Waals surface area contributed by atoms with E-state index in [1.807, 2.05) is 0 Å². The highest BCUT2D eigenvalue weighted by Gasteiger charge is 2.36. The topological polar surface area (TPSA) is 95.6 Å². The molecule has 0 saturated carbocycles. The molecule has 0 bridgehead atoms. The zero-order valence-corrected chi connectivity index (χ0v) is 15.0. The number of rotatable bonds is 3. The number of carbonyl (C=O) groups is 1. The lowest BCUT2D eigenvalue weighted by molar-refractivity contribution is 0.0914. The highest BCUT2D eigenvalue weighted by atomic mass is 19.1. The van der Waals surface area contributed by atoms with Crippen molar-refractivity contribution in [2.75, 3.05) is 0 Å². The van der Waals surface area contributed by atoms with Crippen molar-refractivity contribution in [1.82, 2.24) is 25.3 Å². The monoisotopic (exact) mass is 369 g/mol. The molecule has 3 aromatic rings. The molecule has 1 atom stereocenters. The van der Waals surface area contributed by atoms with Gasteiger partial charge in [-0.05, 0) is 36.5 Å². The summed E-state index contributed by atoms with van der Waals surface area (Å²) in [6, 6.07) is 7.25. The van der Waals surface area contributed by atoms with E-state index < -0.39 is 0 Å². The molecule has 0 saturated heterocycles. The fourth-order valence-electron chi connectivity index (χ4n) is 3.69. The molecule has 27 heavy (non-hydrogen) atoms. The van der Waals surface area contributed by atoms with Gasteiger partial charge in [-0.1, -0.05) is 19.9 Å². The summed E-state index contributed by atoms with van der Waals surface area (Å²) in [4.78, 5) is 23.8. The Morgan fingerprint density at radius 3 is 2.85 bits per heavy atom. The van der Waals surface area contributed by atoms with E-state index in [4.69, 9.17) is 0 Å². The van der Waals surface area contributed by atoms with E-state index in [1.54, 1.807) is 23.0 Å². The number of aromatic amines is 2. The summed E-state index contributed by atoms with van der Waals surface area (Å²) >= 11 is 0. The Kier molecular flexibility index (Phi) is 3.98.